The molecule has 5 nitrogen and oxygen atoms in total. The van der Waals surface area contributed by atoms with E-state index in [1.54, 1.807) is 4.90 Å². The van der Waals surface area contributed by atoms with Crippen LogP contribution in [0.2, 0.25) is 0 Å². The lowest BCUT2D eigenvalue weighted by Gasteiger charge is -2.30. The zero-order valence-electron chi connectivity index (χ0n) is 22.5. The molecule has 0 aliphatic carbocycles. The summed E-state index contributed by atoms with van der Waals surface area (Å²) >= 11 is 0. The van der Waals surface area contributed by atoms with Gasteiger partial charge in [0.25, 0.3) is 5.91 Å². The summed E-state index contributed by atoms with van der Waals surface area (Å²) in [6, 6.07) is 39.1. The zero-order valence-corrected chi connectivity index (χ0v) is 22.5. The first kappa shape index (κ1) is 26.4. The number of ether oxygens (including phenoxy) is 1. The Morgan fingerprint density at radius 2 is 1.26 bits per heavy atom. The molecule has 0 spiro atoms. The summed E-state index contributed by atoms with van der Waals surface area (Å²) in [6.45, 7) is 5.71. The van der Waals surface area contributed by atoms with E-state index in [-0.39, 0.29) is 11.9 Å². The zero-order chi connectivity index (χ0) is 27.2. The van der Waals surface area contributed by atoms with Crippen LogP contribution in [-0.4, -0.2) is 24.5 Å². The van der Waals surface area contributed by atoms with E-state index in [0.717, 1.165) is 27.3 Å². The number of carbonyl (C=O) groups excluding carboxylic acids is 2. The number of anilines is 1. The van der Waals surface area contributed by atoms with Crippen LogP contribution in [0, 0.1) is 5.41 Å². The fourth-order valence-electron chi connectivity index (χ4n) is 5.43. The Morgan fingerprint density at radius 3 is 1.77 bits per heavy atom. The minimum atomic E-state index is -0.869. The van der Waals surface area contributed by atoms with Crippen LogP contribution in [0.1, 0.15) is 36.6 Å². The Bertz CT molecular complexity index is 1330. The minimum absolute atomic E-state index is 0.181. The predicted molar refractivity (Wildman–Crippen MR) is 153 cm³/mol. The van der Waals surface area contributed by atoms with Crippen LogP contribution in [0.4, 0.5) is 5.69 Å². The predicted octanol–water partition coefficient (Wildman–Crippen LogP) is 5.00. The summed E-state index contributed by atoms with van der Waals surface area (Å²) in [4.78, 5) is 30.6. The monoisotopic (exact) mass is 519 g/mol. The van der Waals surface area contributed by atoms with Crippen molar-refractivity contribution in [3.8, 4) is 0 Å². The lowest BCUT2D eigenvalue weighted by atomic mass is 9.89. The molecule has 1 amide bonds. The molecular formula is C34H35N2O3+. The lowest BCUT2D eigenvalue weighted by molar-refractivity contribution is -0.949. The number of benzene rings is 4. The average Bonchev–Trinajstić information content (AvgIpc) is 3.19. The molecule has 4 aromatic rings. The highest BCUT2D eigenvalue weighted by Crippen LogP contribution is 2.36. The van der Waals surface area contributed by atoms with Crippen LogP contribution >= 0.6 is 0 Å². The van der Waals surface area contributed by atoms with Crippen LogP contribution in [0.3, 0.4) is 0 Å². The molecular weight excluding hydrogens is 484 g/mol. The summed E-state index contributed by atoms with van der Waals surface area (Å²) in [5, 5.41) is 0. The summed E-state index contributed by atoms with van der Waals surface area (Å²) < 4.78 is 6.21. The third-order valence-corrected chi connectivity index (χ3v) is 7.39. The highest BCUT2D eigenvalue weighted by molar-refractivity contribution is 6.01. The Balaban J connectivity index is 1.48. The number of carbonyl (C=O) groups is 2. The van der Waals surface area contributed by atoms with E-state index < -0.39 is 17.6 Å². The number of amides is 1. The van der Waals surface area contributed by atoms with Crippen molar-refractivity contribution >= 4 is 17.6 Å². The second kappa shape index (κ2) is 11.7. The molecule has 1 aliphatic heterocycles. The highest BCUT2D eigenvalue weighted by Gasteiger charge is 2.50. The van der Waals surface area contributed by atoms with E-state index in [4.69, 9.17) is 4.74 Å². The maximum Gasteiger partial charge on any atom is 0.370 e. The summed E-state index contributed by atoms with van der Waals surface area (Å²) in [7, 11) is 0. The number of nitrogens with one attached hydrogen (secondary N) is 1. The molecule has 5 rings (SSSR count). The molecule has 0 unspecified atom stereocenters. The first-order chi connectivity index (χ1) is 18.9. The second-order valence-corrected chi connectivity index (χ2v) is 10.9. The summed E-state index contributed by atoms with van der Waals surface area (Å²) in [5.74, 6) is -0.566. The number of quaternary nitrogens is 1. The van der Waals surface area contributed by atoms with E-state index in [0.29, 0.717) is 19.6 Å². The third kappa shape index (κ3) is 6.10. The lowest BCUT2D eigenvalue weighted by Crippen LogP contribution is -3.10. The van der Waals surface area contributed by atoms with Crippen molar-refractivity contribution in [3.05, 3.63) is 138 Å². The molecule has 39 heavy (non-hydrogen) atoms. The fourth-order valence-corrected chi connectivity index (χ4v) is 5.43. The summed E-state index contributed by atoms with van der Waals surface area (Å²) in [5.41, 5.74) is 3.40. The smallest absolute Gasteiger partial charge is 0.370 e. The van der Waals surface area contributed by atoms with Gasteiger partial charge in [0.05, 0.1) is 0 Å². The van der Waals surface area contributed by atoms with Crippen molar-refractivity contribution in [2.24, 2.45) is 5.41 Å². The topological polar surface area (TPSA) is 51.0 Å². The van der Waals surface area contributed by atoms with Crippen molar-refractivity contribution < 1.29 is 19.2 Å². The van der Waals surface area contributed by atoms with Crippen LogP contribution < -0.4 is 9.80 Å². The number of hydrogen-bond donors (Lipinski definition) is 1. The van der Waals surface area contributed by atoms with Crippen LogP contribution in [-0.2, 0) is 27.4 Å². The van der Waals surface area contributed by atoms with Crippen LogP contribution in [0.25, 0.3) is 0 Å². The normalized spacial score (nSPS) is 17.3. The molecule has 4 aromatic carbocycles. The molecule has 1 aliphatic rings. The van der Waals surface area contributed by atoms with Gasteiger partial charge in [-0.25, -0.2) is 4.79 Å². The average molecular weight is 520 g/mol. The van der Waals surface area contributed by atoms with Gasteiger partial charge in [0.15, 0.2) is 6.10 Å². The number of esters is 1. The van der Waals surface area contributed by atoms with Gasteiger partial charge in [-0.15, -0.1) is 0 Å². The van der Waals surface area contributed by atoms with Gasteiger partial charge < -0.3 is 14.5 Å². The Kier molecular flexibility index (Phi) is 7.89. The van der Waals surface area contributed by atoms with E-state index >= 15 is 0 Å². The number of para-hydroxylation sites is 1. The van der Waals surface area contributed by atoms with E-state index in [2.05, 4.69) is 24.3 Å². The first-order valence-corrected chi connectivity index (χ1v) is 13.5. The maximum absolute atomic E-state index is 14.2. The van der Waals surface area contributed by atoms with Crippen LogP contribution in [0.15, 0.2) is 121 Å². The molecule has 5 heteroatoms. The quantitative estimate of drug-likeness (QED) is 0.317. The van der Waals surface area contributed by atoms with Crippen molar-refractivity contribution in [3.63, 3.8) is 0 Å². The van der Waals surface area contributed by atoms with E-state index in [1.165, 1.54) is 0 Å². The SMILES string of the molecule is CC1(C)CN(c2ccccc2)C(=O)[C@H]1OC(=O)[C@H](c1ccccc1)[NH+](Cc1ccccc1)Cc1ccccc1. The molecule has 0 aromatic heterocycles. The van der Waals surface area contributed by atoms with Crippen molar-refractivity contribution in [2.45, 2.75) is 39.1 Å². The molecule has 1 N–H and O–H groups in total. The Morgan fingerprint density at radius 1 is 0.795 bits per heavy atom. The maximum atomic E-state index is 14.2. The molecule has 198 valence electrons. The van der Waals surface area contributed by atoms with Crippen LogP contribution in [0.5, 0.6) is 0 Å². The molecule has 0 bridgehead atoms. The van der Waals surface area contributed by atoms with Gasteiger partial charge >= 0.3 is 5.97 Å². The highest BCUT2D eigenvalue weighted by atomic mass is 16.6. The standard InChI is InChI=1S/C34H34N2O3/c1-34(2)25-36(29-21-13-6-14-22-29)32(37)31(34)39-33(38)30(28-19-11-5-12-20-28)35(23-26-15-7-3-8-16-26)24-27-17-9-4-10-18-27/h3-22,30-31H,23-25H2,1-2H3/p+1/t30-,31+/m0/s1. The van der Waals surface area contributed by atoms with E-state index in [1.807, 2.05) is 111 Å². The van der Waals surface area contributed by atoms with Crippen molar-refractivity contribution in [1.29, 1.82) is 0 Å². The number of hydrogen-bond acceptors (Lipinski definition) is 3. The molecule has 0 radical (unpaired) electrons. The second-order valence-electron chi connectivity index (χ2n) is 10.9. The van der Waals surface area contributed by atoms with Crippen molar-refractivity contribution in [1.82, 2.24) is 0 Å². The number of nitrogens with zero attached hydrogens (tertiary/aromatic N) is 1. The fraction of sp³-hybridized carbons (Fsp3) is 0.235. The van der Waals surface area contributed by atoms with Gasteiger partial charge in [-0.05, 0) is 12.1 Å². The largest absolute Gasteiger partial charge is 0.447 e. The Hall–Kier alpha value is -4.22. The minimum Gasteiger partial charge on any atom is -0.447 e. The summed E-state index contributed by atoms with van der Waals surface area (Å²) in [6.07, 6.45) is -0.869. The molecule has 1 fully saturated rings. The van der Waals surface area contributed by atoms with Gasteiger partial charge in [-0.1, -0.05) is 123 Å². The van der Waals surface area contributed by atoms with Gasteiger partial charge in [-0.3, -0.25) is 4.79 Å². The molecule has 0 saturated carbocycles. The van der Waals surface area contributed by atoms with Gasteiger partial charge in [0, 0.05) is 34.3 Å². The van der Waals surface area contributed by atoms with E-state index in [9.17, 15) is 9.59 Å². The Labute approximate surface area is 230 Å². The van der Waals surface area contributed by atoms with Gasteiger partial charge in [0.1, 0.15) is 13.1 Å². The van der Waals surface area contributed by atoms with Gasteiger partial charge in [-0.2, -0.15) is 0 Å². The molecule has 1 saturated heterocycles. The van der Waals surface area contributed by atoms with Crippen molar-refractivity contribution in [2.75, 3.05) is 11.4 Å². The number of rotatable bonds is 9. The molecule has 2 atom stereocenters. The van der Waals surface area contributed by atoms with Gasteiger partial charge in [0.2, 0.25) is 6.04 Å². The first-order valence-electron chi connectivity index (χ1n) is 13.5. The molecule has 1 heterocycles. The third-order valence-electron chi connectivity index (χ3n) is 7.39.